The fraction of sp³-hybridized carbons (Fsp3) is 0.389. The average molecular weight is 380 g/mol. The number of para-hydroxylation sites is 1. The Bertz CT molecular complexity index is 967. The molecule has 5 rings (SSSR count). The third-order valence-corrected chi connectivity index (χ3v) is 5.01. The molecule has 2 aromatic heterocycles. The number of benzene rings is 1. The number of nitrogens with zero attached hydrogens (tertiary/aromatic N) is 7. The average Bonchev–Trinajstić information content (AvgIpc) is 3.34. The maximum atomic E-state index is 5.90. The largest absolute Gasteiger partial charge is 0.371 e. The SMILES string of the molecule is CN(c1ccccc1)c1nc(N)nc(-c2noc(N3CC4CCC(C3)O4)n2)n1. The molecule has 0 amide bonds. The summed E-state index contributed by atoms with van der Waals surface area (Å²) in [6.45, 7) is 1.50. The van der Waals surface area contributed by atoms with Gasteiger partial charge in [0.15, 0.2) is 0 Å². The van der Waals surface area contributed by atoms with Gasteiger partial charge in [0, 0.05) is 25.8 Å². The van der Waals surface area contributed by atoms with E-state index in [0.717, 1.165) is 31.6 Å². The number of nitrogen functional groups attached to an aromatic ring is 1. The summed E-state index contributed by atoms with van der Waals surface area (Å²) < 4.78 is 11.3. The fourth-order valence-electron chi connectivity index (χ4n) is 3.60. The second-order valence-electron chi connectivity index (χ2n) is 6.97. The number of aromatic nitrogens is 5. The van der Waals surface area contributed by atoms with Crippen LogP contribution in [0.3, 0.4) is 0 Å². The van der Waals surface area contributed by atoms with E-state index in [-0.39, 0.29) is 29.8 Å². The topological polar surface area (TPSA) is 119 Å². The van der Waals surface area contributed by atoms with E-state index in [2.05, 4.69) is 30.0 Å². The molecule has 3 aromatic rings. The Morgan fingerprint density at radius 2 is 1.75 bits per heavy atom. The number of morpholine rings is 1. The van der Waals surface area contributed by atoms with Crippen LogP contribution in [-0.2, 0) is 4.74 Å². The zero-order valence-electron chi connectivity index (χ0n) is 15.4. The van der Waals surface area contributed by atoms with Crippen LogP contribution in [-0.4, -0.2) is 57.4 Å². The molecule has 2 fully saturated rings. The first-order valence-corrected chi connectivity index (χ1v) is 9.20. The van der Waals surface area contributed by atoms with Crippen LogP contribution >= 0.6 is 0 Å². The lowest BCUT2D eigenvalue weighted by Gasteiger charge is -2.30. The van der Waals surface area contributed by atoms with Crippen LogP contribution < -0.4 is 15.5 Å². The Morgan fingerprint density at radius 1 is 1.00 bits per heavy atom. The molecule has 28 heavy (non-hydrogen) atoms. The molecule has 0 radical (unpaired) electrons. The number of fused-ring (bicyclic) bond motifs is 2. The molecule has 2 saturated heterocycles. The summed E-state index contributed by atoms with van der Waals surface area (Å²) in [6, 6.07) is 10.2. The van der Waals surface area contributed by atoms with Crippen LogP contribution in [0.1, 0.15) is 12.8 Å². The van der Waals surface area contributed by atoms with E-state index < -0.39 is 0 Å². The van der Waals surface area contributed by atoms with E-state index in [1.807, 2.05) is 42.3 Å². The number of ether oxygens (including phenoxy) is 1. The van der Waals surface area contributed by atoms with Crippen molar-refractivity contribution in [2.24, 2.45) is 0 Å². The van der Waals surface area contributed by atoms with Crippen molar-refractivity contribution >= 4 is 23.6 Å². The molecule has 2 aliphatic rings. The van der Waals surface area contributed by atoms with Crippen molar-refractivity contribution in [3.63, 3.8) is 0 Å². The first kappa shape index (κ1) is 16.9. The maximum Gasteiger partial charge on any atom is 0.324 e. The summed E-state index contributed by atoms with van der Waals surface area (Å²) in [7, 11) is 1.86. The highest BCUT2D eigenvalue weighted by atomic mass is 16.5. The van der Waals surface area contributed by atoms with Crippen LogP contribution in [0.2, 0.25) is 0 Å². The quantitative estimate of drug-likeness (QED) is 0.715. The number of nitrogens with two attached hydrogens (primary N) is 1. The van der Waals surface area contributed by atoms with E-state index in [1.54, 1.807) is 0 Å². The van der Waals surface area contributed by atoms with E-state index in [1.165, 1.54) is 0 Å². The van der Waals surface area contributed by atoms with E-state index in [4.69, 9.17) is 15.0 Å². The molecule has 2 bridgehead atoms. The highest BCUT2D eigenvalue weighted by Crippen LogP contribution is 2.30. The third kappa shape index (κ3) is 3.11. The van der Waals surface area contributed by atoms with Gasteiger partial charge in [-0.25, -0.2) is 0 Å². The fourth-order valence-corrected chi connectivity index (χ4v) is 3.60. The molecule has 0 aliphatic carbocycles. The molecular weight excluding hydrogens is 360 g/mol. The van der Waals surface area contributed by atoms with Crippen LogP contribution in [0.4, 0.5) is 23.6 Å². The van der Waals surface area contributed by atoms with Crippen molar-refractivity contribution in [2.75, 3.05) is 35.7 Å². The van der Waals surface area contributed by atoms with Crippen LogP contribution in [0.15, 0.2) is 34.9 Å². The van der Waals surface area contributed by atoms with Gasteiger partial charge in [-0.2, -0.15) is 19.9 Å². The van der Waals surface area contributed by atoms with Gasteiger partial charge < -0.3 is 24.8 Å². The molecule has 2 unspecified atom stereocenters. The minimum Gasteiger partial charge on any atom is -0.371 e. The molecule has 0 saturated carbocycles. The van der Waals surface area contributed by atoms with Gasteiger partial charge in [-0.3, -0.25) is 0 Å². The van der Waals surface area contributed by atoms with Gasteiger partial charge in [0.1, 0.15) is 0 Å². The molecule has 2 aliphatic heterocycles. The zero-order valence-corrected chi connectivity index (χ0v) is 15.4. The van der Waals surface area contributed by atoms with Crippen molar-refractivity contribution < 1.29 is 9.26 Å². The predicted octanol–water partition coefficient (Wildman–Crippen LogP) is 1.64. The van der Waals surface area contributed by atoms with Gasteiger partial charge in [-0.1, -0.05) is 23.4 Å². The van der Waals surface area contributed by atoms with Gasteiger partial charge in [0.05, 0.1) is 12.2 Å². The minimum atomic E-state index is 0.0959. The zero-order chi connectivity index (χ0) is 19.1. The van der Waals surface area contributed by atoms with E-state index >= 15 is 0 Å². The number of anilines is 4. The number of hydrogen-bond donors (Lipinski definition) is 1. The Kier molecular flexibility index (Phi) is 4.05. The standard InChI is InChI=1S/C18H20N8O2/c1-25(11-5-3-2-4-6-11)17-21-14(20-16(19)23-17)15-22-18(28-24-15)26-9-12-7-8-13(10-26)27-12/h2-6,12-13H,7-10H2,1H3,(H2,19,20,21,23). The molecule has 10 nitrogen and oxygen atoms in total. The molecule has 4 heterocycles. The Morgan fingerprint density at radius 3 is 2.50 bits per heavy atom. The third-order valence-electron chi connectivity index (χ3n) is 5.01. The summed E-state index contributed by atoms with van der Waals surface area (Å²) in [5.74, 6) is 1.06. The summed E-state index contributed by atoms with van der Waals surface area (Å²) in [5, 5.41) is 4.05. The normalized spacial score (nSPS) is 21.1. The monoisotopic (exact) mass is 380 g/mol. The van der Waals surface area contributed by atoms with Crippen LogP contribution in [0.5, 0.6) is 0 Å². The van der Waals surface area contributed by atoms with Crippen LogP contribution in [0.25, 0.3) is 11.6 Å². The van der Waals surface area contributed by atoms with Gasteiger partial charge in [-0.15, -0.1) is 0 Å². The first-order chi connectivity index (χ1) is 13.7. The van der Waals surface area contributed by atoms with Gasteiger partial charge in [-0.05, 0) is 25.0 Å². The molecule has 144 valence electrons. The Balaban J connectivity index is 1.42. The van der Waals surface area contributed by atoms with E-state index in [0.29, 0.717) is 12.0 Å². The van der Waals surface area contributed by atoms with Gasteiger partial charge in [0.2, 0.25) is 23.5 Å². The van der Waals surface area contributed by atoms with Crippen molar-refractivity contribution in [3.8, 4) is 11.6 Å². The second-order valence-corrected chi connectivity index (χ2v) is 6.97. The minimum absolute atomic E-state index is 0.0959. The highest BCUT2D eigenvalue weighted by Gasteiger charge is 2.35. The van der Waals surface area contributed by atoms with Crippen molar-refractivity contribution in [3.05, 3.63) is 30.3 Å². The Labute approximate surface area is 161 Å². The van der Waals surface area contributed by atoms with Crippen molar-refractivity contribution in [2.45, 2.75) is 25.0 Å². The molecular formula is C18H20N8O2. The lowest BCUT2D eigenvalue weighted by atomic mass is 10.2. The smallest absolute Gasteiger partial charge is 0.324 e. The van der Waals surface area contributed by atoms with Crippen molar-refractivity contribution in [1.29, 1.82) is 0 Å². The van der Waals surface area contributed by atoms with Crippen molar-refractivity contribution in [1.82, 2.24) is 25.1 Å². The maximum absolute atomic E-state index is 5.90. The van der Waals surface area contributed by atoms with Crippen LogP contribution in [0, 0.1) is 0 Å². The summed E-state index contributed by atoms with van der Waals surface area (Å²) in [6.07, 6.45) is 2.60. The molecule has 1 aromatic carbocycles. The number of hydrogen-bond acceptors (Lipinski definition) is 10. The second kappa shape index (κ2) is 6.71. The Hall–Kier alpha value is -3.27. The highest BCUT2D eigenvalue weighted by molar-refractivity contribution is 5.59. The van der Waals surface area contributed by atoms with Gasteiger partial charge in [0.25, 0.3) is 0 Å². The van der Waals surface area contributed by atoms with E-state index in [9.17, 15) is 0 Å². The molecule has 2 atom stereocenters. The summed E-state index contributed by atoms with van der Waals surface area (Å²) in [4.78, 5) is 21.2. The lowest BCUT2D eigenvalue weighted by molar-refractivity contribution is 0.0284. The predicted molar refractivity (Wildman–Crippen MR) is 102 cm³/mol. The van der Waals surface area contributed by atoms with Gasteiger partial charge >= 0.3 is 6.01 Å². The number of rotatable bonds is 4. The molecule has 0 spiro atoms. The summed E-state index contributed by atoms with van der Waals surface area (Å²) >= 11 is 0. The summed E-state index contributed by atoms with van der Waals surface area (Å²) in [5.41, 5.74) is 6.83. The lowest BCUT2D eigenvalue weighted by Crippen LogP contribution is -2.42. The molecule has 10 heteroatoms. The first-order valence-electron chi connectivity index (χ1n) is 9.20. The molecule has 2 N–H and O–H groups in total.